The van der Waals surface area contributed by atoms with Crippen molar-refractivity contribution in [1.82, 2.24) is 9.38 Å². The molecule has 0 bridgehead atoms. The van der Waals surface area contributed by atoms with Gasteiger partial charge in [0.25, 0.3) is 0 Å². The Hall–Kier alpha value is -3.60. The van der Waals surface area contributed by atoms with E-state index in [4.69, 9.17) is 19.5 Å². The van der Waals surface area contributed by atoms with Crippen molar-refractivity contribution in [1.29, 1.82) is 0 Å². The van der Waals surface area contributed by atoms with E-state index in [2.05, 4.69) is 0 Å². The van der Waals surface area contributed by atoms with E-state index in [-0.39, 0.29) is 0 Å². The van der Waals surface area contributed by atoms with Gasteiger partial charge in [-0.2, -0.15) is 0 Å². The third kappa shape index (κ3) is 3.40. The topological polar surface area (TPSA) is 48.1 Å². The summed E-state index contributed by atoms with van der Waals surface area (Å²) in [6, 6.07) is 21.5. The smallest absolute Gasteiger partial charge is 0.165 e. The fourth-order valence-corrected chi connectivity index (χ4v) is 2.87. The number of pyridine rings is 1. The van der Waals surface area contributed by atoms with Gasteiger partial charge in [0.1, 0.15) is 22.8 Å². The van der Waals surface area contributed by atoms with Crippen molar-refractivity contribution in [3.8, 4) is 22.8 Å². The average molecular weight is 357 g/mol. The van der Waals surface area contributed by atoms with E-state index in [0.29, 0.717) is 0 Å². The molecule has 5 heteroatoms. The first kappa shape index (κ1) is 16.8. The van der Waals surface area contributed by atoms with E-state index in [0.717, 1.165) is 39.8 Å². The van der Waals surface area contributed by atoms with Crippen LogP contribution in [0.25, 0.3) is 16.9 Å². The maximum absolute atomic E-state index is 5.25. The number of hydrogen-bond acceptors (Lipinski definition) is 4. The van der Waals surface area contributed by atoms with E-state index in [1.807, 2.05) is 83.5 Å². The highest BCUT2D eigenvalue weighted by Crippen LogP contribution is 2.32. The minimum atomic E-state index is 0.784. The highest BCUT2D eigenvalue weighted by molar-refractivity contribution is 5.85. The standard InChI is InChI=1S/C22H19N3O2/c1-26-18-10-6-16(7-11-18)15-23-22-21(17-8-12-19(27-2)13-9-17)24-20-5-3-4-14-25(20)22/h3-15H,1-2H3/b23-15+. The van der Waals surface area contributed by atoms with Gasteiger partial charge >= 0.3 is 0 Å². The van der Waals surface area contributed by atoms with Crippen LogP contribution >= 0.6 is 0 Å². The number of fused-ring (bicyclic) bond motifs is 1. The number of hydrogen-bond donors (Lipinski definition) is 0. The highest BCUT2D eigenvalue weighted by atomic mass is 16.5. The van der Waals surface area contributed by atoms with Crippen LogP contribution in [0.1, 0.15) is 5.56 Å². The number of methoxy groups -OCH3 is 2. The van der Waals surface area contributed by atoms with E-state index < -0.39 is 0 Å². The Kier molecular flexibility index (Phi) is 4.58. The molecule has 0 aliphatic carbocycles. The fourth-order valence-electron chi connectivity index (χ4n) is 2.87. The third-order valence-electron chi connectivity index (χ3n) is 4.32. The quantitative estimate of drug-likeness (QED) is 0.484. The highest BCUT2D eigenvalue weighted by Gasteiger charge is 2.13. The van der Waals surface area contributed by atoms with Gasteiger partial charge in [-0.25, -0.2) is 9.98 Å². The Balaban J connectivity index is 1.78. The zero-order chi connectivity index (χ0) is 18.6. The van der Waals surface area contributed by atoms with Gasteiger partial charge in [-0.05, 0) is 66.2 Å². The van der Waals surface area contributed by atoms with E-state index >= 15 is 0 Å². The van der Waals surface area contributed by atoms with Gasteiger partial charge in [0.15, 0.2) is 5.82 Å². The largest absolute Gasteiger partial charge is 0.497 e. The molecule has 27 heavy (non-hydrogen) atoms. The fraction of sp³-hybridized carbons (Fsp3) is 0.0909. The predicted molar refractivity (Wildman–Crippen MR) is 107 cm³/mol. The van der Waals surface area contributed by atoms with E-state index in [1.54, 1.807) is 14.2 Å². The predicted octanol–water partition coefficient (Wildman–Crippen LogP) is 4.77. The molecule has 0 fully saturated rings. The maximum Gasteiger partial charge on any atom is 0.165 e. The Morgan fingerprint density at radius 1 is 0.852 bits per heavy atom. The number of nitrogens with zero attached hydrogens (tertiary/aromatic N) is 3. The van der Waals surface area contributed by atoms with Crippen molar-refractivity contribution in [3.63, 3.8) is 0 Å². The van der Waals surface area contributed by atoms with Crippen molar-refractivity contribution in [2.75, 3.05) is 14.2 Å². The van der Waals surface area contributed by atoms with Crippen LogP contribution in [0.4, 0.5) is 5.82 Å². The second kappa shape index (κ2) is 7.33. The number of aliphatic imine (C=N–C) groups is 1. The molecular formula is C22H19N3O2. The molecule has 0 aliphatic rings. The molecule has 0 spiro atoms. The molecule has 2 heterocycles. The molecule has 0 amide bonds. The zero-order valence-corrected chi connectivity index (χ0v) is 15.2. The van der Waals surface area contributed by atoms with Crippen molar-refractivity contribution >= 4 is 17.7 Å². The van der Waals surface area contributed by atoms with Crippen LogP contribution in [-0.4, -0.2) is 29.8 Å². The Morgan fingerprint density at radius 3 is 2.19 bits per heavy atom. The third-order valence-corrected chi connectivity index (χ3v) is 4.32. The summed E-state index contributed by atoms with van der Waals surface area (Å²) in [5, 5.41) is 0. The normalized spacial score (nSPS) is 11.2. The van der Waals surface area contributed by atoms with Gasteiger partial charge < -0.3 is 9.47 Å². The van der Waals surface area contributed by atoms with Crippen molar-refractivity contribution < 1.29 is 9.47 Å². The molecular weight excluding hydrogens is 338 g/mol. The summed E-state index contributed by atoms with van der Waals surface area (Å²) in [6.07, 6.45) is 3.80. The monoisotopic (exact) mass is 357 g/mol. The van der Waals surface area contributed by atoms with Crippen molar-refractivity contribution in [2.45, 2.75) is 0 Å². The molecule has 4 aromatic rings. The molecule has 0 atom stereocenters. The van der Waals surface area contributed by atoms with Gasteiger partial charge in [0, 0.05) is 18.0 Å². The van der Waals surface area contributed by atoms with Crippen LogP contribution in [0.2, 0.25) is 0 Å². The van der Waals surface area contributed by atoms with Gasteiger partial charge in [-0.1, -0.05) is 6.07 Å². The molecule has 0 aliphatic heterocycles. The average Bonchev–Trinajstić information content (AvgIpc) is 3.11. The van der Waals surface area contributed by atoms with Crippen molar-refractivity contribution in [3.05, 3.63) is 78.5 Å². The maximum atomic E-state index is 5.25. The molecule has 2 aromatic carbocycles. The minimum Gasteiger partial charge on any atom is -0.497 e. The van der Waals surface area contributed by atoms with Crippen LogP contribution in [0.15, 0.2) is 77.9 Å². The Bertz CT molecular complexity index is 1080. The lowest BCUT2D eigenvalue weighted by molar-refractivity contribution is 0.414. The van der Waals surface area contributed by atoms with Crippen LogP contribution in [0, 0.1) is 0 Å². The number of rotatable bonds is 5. The summed E-state index contributed by atoms with van der Waals surface area (Å²) < 4.78 is 12.4. The summed E-state index contributed by atoms with van der Waals surface area (Å²) >= 11 is 0. The first-order valence-electron chi connectivity index (χ1n) is 8.58. The summed E-state index contributed by atoms with van der Waals surface area (Å²) in [7, 11) is 3.31. The minimum absolute atomic E-state index is 0.784. The van der Waals surface area contributed by atoms with Gasteiger partial charge in [-0.3, -0.25) is 4.40 Å². The molecule has 0 saturated heterocycles. The lowest BCUT2D eigenvalue weighted by Gasteiger charge is -2.03. The molecule has 0 unspecified atom stereocenters. The molecule has 0 radical (unpaired) electrons. The van der Waals surface area contributed by atoms with Gasteiger partial charge in [0.2, 0.25) is 0 Å². The van der Waals surface area contributed by atoms with Crippen LogP contribution < -0.4 is 9.47 Å². The SMILES string of the molecule is COc1ccc(/C=N/c2c(-c3ccc(OC)cc3)nc3ccccn23)cc1. The van der Waals surface area contributed by atoms with Gasteiger partial charge in [-0.15, -0.1) is 0 Å². The van der Waals surface area contributed by atoms with Crippen molar-refractivity contribution in [2.24, 2.45) is 4.99 Å². The molecule has 5 nitrogen and oxygen atoms in total. The summed E-state index contributed by atoms with van der Waals surface area (Å²) in [5.41, 5.74) is 3.66. The van der Waals surface area contributed by atoms with E-state index in [1.165, 1.54) is 0 Å². The molecule has 4 rings (SSSR count). The Morgan fingerprint density at radius 2 is 1.52 bits per heavy atom. The first-order chi connectivity index (χ1) is 13.3. The second-order valence-electron chi connectivity index (χ2n) is 5.97. The summed E-state index contributed by atoms with van der Waals surface area (Å²) in [5.74, 6) is 2.42. The number of aromatic nitrogens is 2. The molecule has 134 valence electrons. The van der Waals surface area contributed by atoms with E-state index in [9.17, 15) is 0 Å². The summed E-state index contributed by atoms with van der Waals surface area (Å²) in [6.45, 7) is 0. The molecule has 0 N–H and O–H groups in total. The summed E-state index contributed by atoms with van der Waals surface area (Å²) in [4.78, 5) is 9.51. The van der Waals surface area contributed by atoms with Crippen LogP contribution in [-0.2, 0) is 0 Å². The van der Waals surface area contributed by atoms with Crippen LogP contribution in [0.3, 0.4) is 0 Å². The number of imidazole rings is 1. The molecule has 2 aromatic heterocycles. The van der Waals surface area contributed by atoms with Gasteiger partial charge in [0.05, 0.1) is 14.2 Å². The zero-order valence-electron chi connectivity index (χ0n) is 15.2. The first-order valence-corrected chi connectivity index (χ1v) is 8.58. The van der Waals surface area contributed by atoms with Crippen LogP contribution in [0.5, 0.6) is 11.5 Å². The number of ether oxygens (including phenoxy) is 2. The molecule has 0 saturated carbocycles. The second-order valence-corrected chi connectivity index (χ2v) is 5.97. The number of benzene rings is 2. The Labute approximate surface area is 157 Å². The lowest BCUT2D eigenvalue weighted by Crippen LogP contribution is -1.87. The lowest BCUT2D eigenvalue weighted by atomic mass is 10.1.